The maximum atomic E-state index is 12.1. The van der Waals surface area contributed by atoms with Crippen LogP contribution in [0.25, 0.3) is 0 Å². The summed E-state index contributed by atoms with van der Waals surface area (Å²) in [5, 5.41) is 3.03. The van der Waals surface area contributed by atoms with Crippen molar-refractivity contribution in [3.63, 3.8) is 0 Å². The number of piperidine rings is 1. The van der Waals surface area contributed by atoms with Gasteiger partial charge in [0, 0.05) is 24.0 Å². The molecular formula is C11H18N4O2S. The minimum absolute atomic E-state index is 0.0758. The number of sulfonamides is 1. The Morgan fingerprint density at radius 3 is 2.56 bits per heavy atom. The molecule has 1 atom stereocenters. The van der Waals surface area contributed by atoms with Crippen molar-refractivity contribution in [3.8, 4) is 0 Å². The molecule has 0 aliphatic carbocycles. The van der Waals surface area contributed by atoms with Gasteiger partial charge in [0.05, 0.1) is 0 Å². The zero-order valence-corrected chi connectivity index (χ0v) is 11.4. The Hall–Kier alpha value is -1.05. The standard InChI is InChI=1S/C11H18N4O2S/c1-8-6-9(2)14-11(13-8)18(16,17)15-10-4-3-5-12-7-10/h6,10,12,15H,3-5,7H2,1-2H3/t10-/m0/s1. The molecule has 0 saturated carbocycles. The molecule has 6 nitrogen and oxygen atoms in total. The van der Waals surface area contributed by atoms with Gasteiger partial charge in [-0.25, -0.2) is 23.1 Å². The van der Waals surface area contributed by atoms with Crippen LogP contribution in [0.4, 0.5) is 0 Å². The molecule has 1 aliphatic rings. The van der Waals surface area contributed by atoms with Crippen LogP contribution in [0.5, 0.6) is 0 Å². The predicted octanol–water partition coefficient (Wildman–Crippen LogP) is 0.124. The maximum Gasteiger partial charge on any atom is 0.276 e. The lowest BCUT2D eigenvalue weighted by Crippen LogP contribution is -2.45. The lowest BCUT2D eigenvalue weighted by molar-refractivity contribution is 0.427. The Morgan fingerprint density at radius 2 is 2.00 bits per heavy atom. The number of nitrogens with zero attached hydrogens (tertiary/aromatic N) is 2. The van der Waals surface area contributed by atoms with Crippen LogP contribution in [0.15, 0.2) is 11.2 Å². The van der Waals surface area contributed by atoms with E-state index < -0.39 is 10.0 Å². The van der Waals surface area contributed by atoms with Crippen molar-refractivity contribution < 1.29 is 8.42 Å². The van der Waals surface area contributed by atoms with Crippen LogP contribution in [0.3, 0.4) is 0 Å². The third-order valence-electron chi connectivity index (χ3n) is 2.82. The van der Waals surface area contributed by atoms with Crippen LogP contribution in [0, 0.1) is 13.8 Å². The first kappa shape index (κ1) is 13.4. The van der Waals surface area contributed by atoms with Gasteiger partial charge in [0.25, 0.3) is 15.2 Å². The lowest BCUT2D eigenvalue weighted by atomic mass is 10.1. The molecule has 7 heteroatoms. The number of aromatic nitrogens is 2. The molecule has 1 aromatic heterocycles. The van der Waals surface area contributed by atoms with Crippen LogP contribution in [-0.2, 0) is 10.0 Å². The minimum Gasteiger partial charge on any atom is -0.315 e. The summed E-state index contributed by atoms with van der Waals surface area (Å²) < 4.78 is 26.9. The third kappa shape index (κ3) is 3.24. The van der Waals surface area contributed by atoms with Gasteiger partial charge >= 0.3 is 0 Å². The summed E-state index contributed by atoms with van der Waals surface area (Å²) in [6, 6.07) is 1.68. The van der Waals surface area contributed by atoms with Crippen molar-refractivity contribution in [2.24, 2.45) is 0 Å². The van der Waals surface area contributed by atoms with Crippen molar-refractivity contribution in [3.05, 3.63) is 17.5 Å². The summed E-state index contributed by atoms with van der Waals surface area (Å²) in [5.74, 6) is 0. The van der Waals surface area contributed by atoms with E-state index >= 15 is 0 Å². The largest absolute Gasteiger partial charge is 0.315 e. The van der Waals surface area contributed by atoms with E-state index in [2.05, 4.69) is 20.0 Å². The second-order valence-corrected chi connectivity index (χ2v) is 6.21. The van der Waals surface area contributed by atoms with E-state index in [0.29, 0.717) is 17.9 Å². The van der Waals surface area contributed by atoms with Gasteiger partial charge in [0.1, 0.15) is 0 Å². The SMILES string of the molecule is Cc1cc(C)nc(S(=O)(=O)N[C@H]2CCCNC2)n1. The summed E-state index contributed by atoms with van der Waals surface area (Å²) in [6.07, 6.45) is 1.82. The van der Waals surface area contributed by atoms with Gasteiger partial charge in [0.15, 0.2) is 0 Å². The summed E-state index contributed by atoms with van der Waals surface area (Å²) in [5.41, 5.74) is 1.31. The molecule has 2 rings (SSSR count). The maximum absolute atomic E-state index is 12.1. The molecule has 1 fully saturated rings. The van der Waals surface area contributed by atoms with E-state index in [1.165, 1.54) is 0 Å². The molecule has 0 aromatic carbocycles. The molecule has 100 valence electrons. The highest BCUT2D eigenvalue weighted by molar-refractivity contribution is 7.89. The quantitative estimate of drug-likeness (QED) is 0.762. The Morgan fingerprint density at radius 1 is 1.33 bits per heavy atom. The van der Waals surface area contributed by atoms with Crippen LogP contribution in [0.2, 0.25) is 0 Å². The summed E-state index contributed by atoms with van der Waals surface area (Å²) >= 11 is 0. The zero-order chi connectivity index (χ0) is 13.2. The van der Waals surface area contributed by atoms with Gasteiger partial charge in [-0.05, 0) is 39.3 Å². The number of nitrogens with one attached hydrogen (secondary N) is 2. The molecule has 0 spiro atoms. The van der Waals surface area contributed by atoms with Crippen molar-refractivity contribution in [2.75, 3.05) is 13.1 Å². The Labute approximate surface area is 107 Å². The van der Waals surface area contributed by atoms with Crippen molar-refractivity contribution >= 4 is 10.0 Å². The Balaban J connectivity index is 2.19. The average molecular weight is 270 g/mol. The fourth-order valence-electron chi connectivity index (χ4n) is 2.04. The summed E-state index contributed by atoms with van der Waals surface area (Å²) in [6.45, 7) is 5.12. The lowest BCUT2D eigenvalue weighted by Gasteiger charge is -2.23. The molecule has 1 aromatic rings. The zero-order valence-electron chi connectivity index (χ0n) is 10.6. The smallest absolute Gasteiger partial charge is 0.276 e. The monoisotopic (exact) mass is 270 g/mol. The molecule has 0 unspecified atom stereocenters. The fourth-order valence-corrected chi connectivity index (χ4v) is 3.31. The van der Waals surface area contributed by atoms with Crippen molar-refractivity contribution in [2.45, 2.75) is 37.9 Å². The molecular weight excluding hydrogens is 252 g/mol. The second kappa shape index (κ2) is 5.29. The van der Waals surface area contributed by atoms with Crippen LogP contribution >= 0.6 is 0 Å². The van der Waals surface area contributed by atoms with E-state index in [1.54, 1.807) is 19.9 Å². The Bertz CT molecular complexity index is 504. The number of rotatable bonds is 3. The molecule has 18 heavy (non-hydrogen) atoms. The molecule has 0 amide bonds. The van der Waals surface area contributed by atoms with Gasteiger partial charge in [0.2, 0.25) is 0 Å². The van der Waals surface area contributed by atoms with E-state index in [-0.39, 0.29) is 11.2 Å². The first-order valence-electron chi connectivity index (χ1n) is 6.03. The van der Waals surface area contributed by atoms with Gasteiger partial charge in [-0.2, -0.15) is 0 Å². The highest BCUT2D eigenvalue weighted by atomic mass is 32.2. The number of aryl methyl sites for hydroxylation is 2. The van der Waals surface area contributed by atoms with Crippen LogP contribution in [-0.4, -0.2) is 37.5 Å². The van der Waals surface area contributed by atoms with Gasteiger partial charge in [-0.1, -0.05) is 0 Å². The normalized spacial score (nSPS) is 20.9. The minimum atomic E-state index is -3.62. The Kier molecular flexibility index (Phi) is 3.94. The van der Waals surface area contributed by atoms with Gasteiger partial charge in [-0.3, -0.25) is 0 Å². The van der Waals surface area contributed by atoms with E-state index in [9.17, 15) is 8.42 Å². The predicted molar refractivity (Wildman–Crippen MR) is 67.7 cm³/mol. The van der Waals surface area contributed by atoms with Crippen LogP contribution in [0.1, 0.15) is 24.2 Å². The van der Waals surface area contributed by atoms with E-state index in [1.807, 2.05) is 0 Å². The fraction of sp³-hybridized carbons (Fsp3) is 0.636. The topological polar surface area (TPSA) is 84.0 Å². The molecule has 1 saturated heterocycles. The molecule has 2 heterocycles. The number of hydrogen-bond acceptors (Lipinski definition) is 5. The summed E-state index contributed by atoms with van der Waals surface area (Å²) in [4.78, 5) is 7.98. The molecule has 0 radical (unpaired) electrons. The van der Waals surface area contributed by atoms with Gasteiger partial charge < -0.3 is 5.32 Å². The first-order valence-corrected chi connectivity index (χ1v) is 7.51. The van der Waals surface area contributed by atoms with Crippen LogP contribution < -0.4 is 10.0 Å². The molecule has 0 bridgehead atoms. The third-order valence-corrected chi connectivity index (χ3v) is 4.13. The van der Waals surface area contributed by atoms with Gasteiger partial charge in [-0.15, -0.1) is 0 Å². The second-order valence-electron chi connectivity index (χ2n) is 4.60. The highest BCUT2D eigenvalue weighted by Gasteiger charge is 2.24. The van der Waals surface area contributed by atoms with E-state index in [0.717, 1.165) is 19.4 Å². The number of hydrogen-bond donors (Lipinski definition) is 2. The first-order chi connectivity index (χ1) is 8.47. The molecule has 2 N–H and O–H groups in total. The summed E-state index contributed by atoms with van der Waals surface area (Å²) in [7, 11) is -3.62. The van der Waals surface area contributed by atoms with E-state index in [4.69, 9.17) is 0 Å². The highest BCUT2D eigenvalue weighted by Crippen LogP contribution is 2.09. The average Bonchev–Trinajstić information content (AvgIpc) is 2.28. The molecule has 1 aliphatic heterocycles. The van der Waals surface area contributed by atoms with Crippen molar-refractivity contribution in [1.29, 1.82) is 0 Å². The van der Waals surface area contributed by atoms with Crippen molar-refractivity contribution in [1.82, 2.24) is 20.0 Å².